The van der Waals surface area contributed by atoms with Crippen molar-refractivity contribution in [1.29, 1.82) is 0 Å². The molecule has 3 unspecified atom stereocenters. The Morgan fingerprint density at radius 3 is 1.18 bits per heavy atom. The third kappa shape index (κ3) is 35.2. The largest absolute Gasteiger partial charge is 0.394 e. The molecule has 0 saturated heterocycles. The van der Waals surface area contributed by atoms with Gasteiger partial charge in [0, 0.05) is 6.42 Å². The van der Waals surface area contributed by atoms with Gasteiger partial charge in [-0.25, -0.2) is 0 Å². The van der Waals surface area contributed by atoms with Crippen LogP contribution < -0.4 is 5.32 Å². The van der Waals surface area contributed by atoms with Crippen molar-refractivity contribution in [3.05, 3.63) is 24.3 Å². The van der Waals surface area contributed by atoms with Crippen LogP contribution in [0.3, 0.4) is 0 Å². The molecule has 0 aliphatic carbocycles. The fourth-order valence-corrected chi connectivity index (χ4v) is 6.80. The number of aliphatic hydroxyl groups excluding tert-OH is 3. The van der Waals surface area contributed by atoms with Crippen molar-refractivity contribution >= 4 is 5.91 Å². The number of aliphatic hydroxyl groups is 3. The van der Waals surface area contributed by atoms with E-state index in [0.717, 1.165) is 38.5 Å². The highest BCUT2D eigenvalue weighted by atomic mass is 16.3. The number of hydrogen-bond acceptors (Lipinski definition) is 4. The van der Waals surface area contributed by atoms with Gasteiger partial charge in [0.2, 0.25) is 5.91 Å². The van der Waals surface area contributed by atoms with Crippen molar-refractivity contribution in [2.75, 3.05) is 6.61 Å². The normalized spacial score (nSPS) is 13.8. The third-order valence-electron chi connectivity index (χ3n) is 10.3. The molecule has 0 heterocycles. The fraction of sp³-hybridized carbons (Fsp3) is 0.889. The summed E-state index contributed by atoms with van der Waals surface area (Å²) >= 11 is 0. The zero-order valence-electron chi connectivity index (χ0n) is 33.5. The van der Waals surface area contributed by atoms with E-state index in [1.807, 2.05) is 0 Å². The molecule has 0 aromatic rings. The predicted molar refractivity (Wildman–Crippen MR) is 218 cm³/mol. The van der Waals surface area contributed by atoms with Crippen molar-refractivity contribution in [3.8, 4) is 0 Å². The van der Waals surface area contributed by atoms with E-state index in [9.17, 15) is 20.1 Å². The Kier molecular flexibility index (Phi) is 39.6. The monoisotopic (exact) mass is 706 g/mol. The van der Waals surface area contributed by atoms with Gasteiger partial charge in [-0.2, -0.15) is 0 Å². The Balaban J connectivity index is 3.53. The molecular weight excluding hydrogens is 618 g/mol. The maximum atomic E-state index is 12.4. The Bertz CT molecular complexity index is 739. The summed E-state index contributed by atoms with van der Waals surface area (Å²) in [4.78, 5) is 12.4. The van der Waals surface area contributed by atoms with Crippen molar-refractivity contribution in [3.63, 3.8) is 0 Å². The molecule has 0 rings (SSSR count). The average Bonchev–Trinajstić information content (AvgIpc) is 3.12. The number of nitrogens with one attached hydrogen (secondary N) is 1. The number of amides is 1. The van der Waals surface area contributed by atoms with Crippen LogP contribution in [-0.4, -0.2) is 46.1 Å². The number of hydrogen-bond donors (Lipinski definition) is 4. The summed E-state index contributed by atoms with van der Waals surface area (Å²) in [5.41, 5.74) is 0. The first-order valence-electron chi connectivity index (χ1n) is 22.1. The van der Waals surface area contributed by atoms with Crippen LogP contribution in [0.15, 0.2) is 24.3 Å². The van der Waals surface area contributed by atoms with Gasteiger partial charge in [0.15, 0.2) is 0 Å². The quantitative estimate of drug-likeness (QED) is 0.0377. The molecule has 4 N–H and O–H groups in total. The Morgan fingerprint density at radius 1 is 0.480 bits per heavy atom. The van der Waals surface area contributed by atoms with E-state index in [2.05, 4.69) is 43.5 Å². The van der Waals surface area contributed by atoms with E-state index < -0.39 is 18.2 Å². The van der Waals surface area contributed by atoms with Gasteiger partial charge in [0.25, 0.3) is 0 Å². The first-order valence-corrected chi connectivity index (χ1v) is 22.1. The van der Waals surface area contributed by atoms with E-state index in [1.54, 1.807) is 0 Å². The molecule has 0 spiro atoms. The van der Waals surface area contributed by atoms with E-state index in [0.29, 0.717) is 12.8 Å². The molecule has 0 aromatic heterocycles. The molecule has 5 nitrogen and oxygen atoms in total. The number of carbonyl (C=O) groups excluding carboxylic acids is 1. The highest BCUT2D eigenvalue weighted by Crippen LogP contribution is 2.15. The maximum absolute atomic E-state index is 12.4. The molecule has 0 aliphatic heterocycles. The molecule has 0 saturated carbocycles. The Hall–Kier alpha value is -1.17. The molecule has 3 atom stereocenters. The molecule has 296 valence electrons. The minimum Gasteiger partial charge on any atom is -0.394 e. The molecule has 5 heteroatoms. The second-order valence-corrected chi connectivity index (χ2v) is 15.2. The molecule has 1 amide bonds. The maximum Gasteiger partial charge on any atom is 0.220 e. The lowest BCUT2D eigenvalue weighted by atomic mass is 10.0. The number of unbranched alkanes of at least 4 members (excludes halogenated alkanes) is 28. The first-order chi connectivity index (χ1) is 24.6. The second-order valence-electron chi connectivity index (χ2n) is 15.2. The standard InChI is InChI=1S/C45H87NO4/c1-3-5-7-9-11-13-14-15-16-17-18-19-20-21-22-23-24-25-26-27-28-29-30-32-34-36-38-40-44(49)46-42(41-47)45(50)43(48)39-37-35-33-31-12-10-8-6-4-2/h21-22,31,33,42-43,45,47-48,50H,3-20,23-30,32,34-41H2,1-2H3,(H,46,49)/b22-21-,33-31+. The van der Waals surface area contributed by atoms with Gasteiger partial charge in [0.1, 0.15) is 6.10 Å². The number of carbonyl (C=O) groups is 1. The van der Waals surface area contributed by atoms with Gasteiger partial charge in [-0.1, -0.05) is 186 Å². The zero-order valence-corrected chi connectivity index (χ0v) is 33.5. The van der Waals surface area contributed by atoms with Gasteiger partial charge in [0.05, 0.1) is 18.8 Å². The summed E-state index contributed by atoms with van der Waals surface area (Å²) in [5, 5.41) is 33.3. The molecule has 0 radical (unpaired) electrons. The highest BCUT2D eigenvalue weighted by Gasteiger charge is 2.26. The van der Waals surface area contributed by atoms with E-state index in [4.69, 9.17) is 0 Å². The van der Waals surface area contributed by atoms with Crippen LogP contribution in [-0.2, 0) is 4.79 Å². The molecular formula is C45H87NO4. The van der Waals surface area contributed by atoms with Crippen molar-refractivity contribution < 1.29 is 20.1 Å². The third-order valence-corrected chi connectivity index (χ3v) is 10.3. The minimum atomic E-state index is -1.16. The topological polar surface area (TPSA) is 89.8 Å². The van der Waals surface area contributed by atoms with Crippen LogP contribution in [0, 0.1) is 0 Å². The fourth-order valence-electron chi connectivity index (χ4n) is 6.80. The van der Waals surface area contributed by atoms with Crippen molar-refractivity contribution in [2.45, 2.75) is 250 Å². The van der Waals surface area contributed by atoms with Crippen LogP contribution in [0.1, 0.15) is 232 Å². The van der Waals surface area contributed by atoms with Gasteiger partial charge in [-0.3, -0.25) is 4.79 Å². The number of rotatable bonds is 40. The number of allylic oxidation sites excluding steroid dienone is 4. The van der Waals surface area contributed by atoms with Gasteiger partial charge in [-0.15, -0.1) is 0 Å². The Labute approximate surface area is 312 Å². The van der Waals surface area contributed by atoms with Crippen molar-refractivity contribution in [1.82, 2.24) is 5.32 Å². The molecule has 0 aliphatic rings. The van der Waals surface area contributed by atoms with E-state index in [1.165, 1.54) is 167 Å². The summed E-state index contributed by atoms with van der Waals surface area (Å²) in [6.07, 6.45) is 48.8. The van der Waals surface area contributed by atoms with Gasteiger partial charge in [-0.05, 0) is 64.2 Å². The lowest BCUT2D eigenvalue weighted by Crippen LogP contribution is -2.50. The van der Waals surface area contributed by atoms with Crippen molar-refractivity contribution in [2.24, 2.45) is 0 Å². The predicted octanol–water partition coefficient (Wildman–Crippen LogP) is 12.6. The molecule has 50 heavy (non-hydrogen) atoms. The van der Waals surface area contributed by atoms with Crippen LogP contribution in [0.25, 0.3) is 0 Å². The zero-order chi connectivity index (χ0) is 36.6. The minimum absolute atomic E-state index is 0.156. The van der Waals surface area contributed by atoms with Crippen LogP contribution in [0.4, 0.5) is 0 Å². The van der Waals surface area contributed by atoms with Gasteiger partial charge < -0.3 is 20.6 Å². The van der Waals surface area contributed by atoms with Gasteiger partial charge >= 0.3 is 0 Å². The average molecular weight is 706 g/mol. The van der Waals surface area contributed by atoms with Crippen LogP contribution in [0.2, 0.25) is 0 Å². The van der Waals surface area contributed by atoms with E-state index in [-0.39, 0.29) is 12.5 Å². The van der Waals surface area contributed by atoms with Crippen LogP contribution in [0.5, 0.6) is 0 Å². The second kappa shape index (κ2) is 40.6. The SMILES string of the molecule is CCCCCC/C=C/CCCC(O)C(O)C(CO)NC(=O)CCCCCCCCCCCCC/C=C\CCCCCCCCCCCCCC. The van der Waals surface area contributed by atoms with Crippen LogP contribution >= 0.6 is 0 Å². The highest BCUT2D eigenvalue weighted by molar-refractivity contribution is 5.76. The summed E-state index contributed by atoms with van der Waals surface area (Å²) < 4.78 is 0. The van der Waals surface area contributed by atoms with E-state index >= 15 is 0 Å². The summed E-state index contributed by atoms with van der Waals surface area (Å²) in [6, 6.07) is -0.822. The molecule has 0 fully saturated rings. The lowest BCUT2D eigenvalue weighted by Gasteiger charge is -2.26. The lowest BCUT2D eigenvalue weighted by molar-refractivity contribution is -0.124. The molecule has 0 bridgehead atoms. The Morgan fingerprint density at radius 2 is 0.800 bits per heavy atom. The smallest absolute Gasteiger partial charge is 0.220 e. The first kappa shape index (κ1) is 48.8. The summed E-state index contributed by atoms with van der Waals surface area (Å²) in [7, 11) is 0. The molecule has 0 aromatic carbocycles. The summed E-state index contributed by atoms with van der Waals surface area (Å²) in [6.45, 7) is 4.13. The summed E-state index contributed by atoms with van der Waals surface area (Å²) in [5.74, 6) is -0.156.